The zero-order chi connectivity index (χ0) is 20.2. The molecule has 0 unspecified atom stereocenters. The monoisotopic (exact) mass is 379 g/mol. The minimum absolute atomic E-state index is 0.191. The largest absolute Gasteiger partial charge is 0.481 e. The molecule has 0 saturated heterocycles. The summed E-state index contributed by atoms with van der Waals surface area (Å²) in [6.45, 7) is 0. The Hall–Kier alpha value is -4.17. The number of benzene rings is 2. The van der Waals surface area contributed by atoms with Crippen molar-refractivity contribution in [3.05, 3.63) is 101 Å². The van der Waals surface area contributed by atoms with E-state index in [2.05, 4.69) is 11.1 Å². The number of rotatable bonds is 4. The summed E-state index contributed by atoms with van der Waals surface area (Å²) in [7, 11) is 1.56. The number of hydrogen-bond acceptors (Lipinski definition) is 4. The number of hydrogen-bond donors (Lipinski definition) is 0. The van der Waals surface area contributed by atoms with E-state index in [1.54, 1.807) is 54.4 Å². The smallest absolute Gasteiger partial charge is 0.263 e. The molecule has 140 valence electrons. The van der Waals surface area contributed by atoms with E-state index in [0.717, 1.165) is 16.8 Å². The van der Waals surface area contributed by atoms with Crippen LogP contribution in [0.2, 0.25) is 0 Å². The van der Waals surface area contributed by atoms with Crippen molar-refractivity contribution in [1.29, 1.82) is 5.26 Å². The molecule has 29 heavy (non-hydrogen) atoms. The SMILES string of the molecule is COc1ccc(-c2cc(-c3ccccc3C#N)c(=O)n(-c3ccccc3)c2)cn1. The highest BCUT2D eigenvalue weighted by Crippen LogP contribution is 2.27. The van der Waals surface area contributed by atoms with E-state index in [1.165, 1.54) is 0 Å². The fourth-order valence-corrected chi connectivity index (χ4v) is 3.20. The van der Waals surface area contributed by atoms with Crippen LogP contribution in [-0.2, 0) is 0 Å². The van der Waals surface area contributed by atoms with Crippen LogP contribution >= 0.6 is 0 Å². The van der Waals surface area contributed by atoms with Gasteiger partial charge in [-0.25, -0.2) is 4.98 Å². The molecule has 2 heterocycles. The maximum absolute atomic E-state index is 13.3. The van der Waals surface area contributed by atoms with Crippen molar-refractivity contribution in [3.8, 4) is 39.9 Å². The standard InChI is InChI=1S/C24H17N3O2/c1-29-23-12-11-18(15-26-23)19-13-22(21-10-6-5-7-17(21)14-25)24(28)27(16-19)20-8-3-2-4-9-20/h2-13,15-16H,1H3. The molecular formula is C24H17N3O2. The molecule has 0 spiro atoms. The molecule has 0 atom stereocenters. The topological polar surface area (TPSA) is 67.9 Å². The molecule has 2 aromatic heterocycles. The van der Waals surface area contributed by atoms with Gasteiger partial charge in [-0.2, -0.15) is 5.26 Å². The molecule has 2 aromatic carbocycles. The van der Waals surface area contributed by atoms with Gasteiger partial charge in [0.25, 0.3) is 5.56 Å². The summed E-state index contributed by atoms with van der Waals surface area (Å²) in [5.74, 6) is 0.514. The molecule has 0 N–H and O–H groups in total. The van der Waals surface area contributed by atoms with Crippen LogP contribution in [0.25, 0.3) is 27.9 Å². The van der Waals surface area contributed by atoms with Crippen LogP contribution < -0.4 is 10.3 Å². The lowest BCUT2D eigenvalue weighted by atomic mass is 9.98. The maximum atomic E-state index is 13.3. The number of para-hydroxylation sites is 1. The average molecular weight is 379 g/mol. The molecule has 4 rings (SSSR count). The molecule has 0 aliphatic heterocycles. The molecule has 0 saturated carbocycles. The second-order valence-corrected chi connectivity index (χ2v) is 6.40. The van der Waals surface area contributed by atoms with Crippen molar-refractivity contribution in [1.82, 2.24) is 9.55 Å². The molecule has 4 aromatic rings. The molecule has 0 aliphatic rings. The lowest BCUT2D eigenvalue weighted by molar-refractivity contribution is 0.398. The Bertz CT molecular complexity index is 1250. The summed E-state index contributed by atoms with van der Waals surface area (Å²) in [4.78, 5) is 17.6. The molecule has 0 bridgehead atoms. The highest BCUT2D eigenvalue weighted by molar-refractivity contribution is 5.75. The molecule has 0 amide bonds. The summed E-state index contributed by atoms with van der Waals surface area (Å²) in [6.07, 6.45) is 3.49. The first kappa shape index (κ1) is 18.2. The zero-order valence-electron chi connectivity index (χ0n) is 15.7. The van der Waals surface area contributed by atoms with Gasteiger partial charge in [-0.3, -0.25) is 9.36 Å². The van der Waals surface area contributed by atoms with Crippen LogP contribution in [0, 0.1) is 11.3 Å². The minimum Gasteiger partial charge on any atom is -0.481 e. The predicted molar refractivity (Wildman–Crippen MR) is 112 cm³/mol. The Morgan fingerprint density at radius 1 is 0.931 bits per heavy atom. The molecule has 0 fully saturated rings. The first-order valence-electron chi connectivity index (χ1n) is 9.03. The Balaban J connectivity index is 2.00. The van der Waals surface area contributed by atoms with Gasteiger partial charge in [-0.1, -0.05) is 36.4 Å². The van der Waals surface area contributed by atoms with E-state index < -0.39 is 0 Å². The van der Waals surface area contributed by atoms with E-state index in [4.69, 9.17) is 4.74 Å². The molecule has 5 heteroatoms. The third-order valence-corrected chi connectivity index (χ3v) is 4.67. The van der Waals surface area contributed by atoms with Crippen molar-refractivity contribution in [2.24, 2.45) is 0 Å². The first-order valence-corrected chi connectivity index (χ1v) is 9.03. The van der Waals surface area contributed by atoms with Crippen LogP contribution in [0.15, 0.2) is 90.0 Å². The van der Waals surface area contributed by atoms with Crippen LogP contribution in [0.5, 0.6) is 5.88 Å². The summed E-state index contributed by atoms with van der Waals surface area (Å²) in [5.41, 5.74) is 3.72. The van der Waals surface area contributed by atoms with Gasteiger partial charge in [0.1, 0.15) is 0 Å². The predicted octanol–water partition coefficient (Wildman–Crippen LogP) is 4.45. The van der Waals surface area contributed by atoms with E-state index in [0.29, 0.717) is 22.6 Å². The van der Waals surface area contributed by atoms with Crippen LogP contribution in [-0.4, -0.2) is 16.7 Å². The first-order chi connectivity index (χ1) is 14.2. The lowest BCUT2D eigenvalue weighted by Crippen LogP contribution is -2.20. The summed E-state index contributed by atoms with van der Waals surface area (Å²) in [6, 6.07) is 24.2. The van der Waals surface area contributed by atoms with Gasteiger partial charge in [0.15, 0.2) is 0 Å². The molecule has 0 aliphatic carbocycles. The molecular weight excluding hydrogens is 362 g/mol. The van der Waals surface area contributed by atoms with E-state index in [1.807, 2.05) is 42.5 Å². The fraction of sp³-hybridized carbons (Fsp3) is 0.0417. The average Bonchev–Trinajstić information content (AvgIpc) is 2.80. The fourth-order valence-electron chi connectivity index (χ4n) is 3.20. The Kier molecular flexibility index (Phi) is 4.91. The van der Waals surface area contributed by atoms with Crippen molar-refractivity contribution in [2.75, 3.05) is 7.11 Å². The van der Waals surface area contributed by atoms with E-state index >= 15 is 0 Å². The maximum Gasteiger partial charge on any atom is 0.263 e. The Morgan fingerprint density at radius 2 is 1.69 bits per heavy atom. The number of nitrogens with zero attached hydrogens (tertiary/aromatic N) is 3. The number of pyridine rings is 2. The van der Waals surface area contributed by atoms with Crippen LogP contribution in [0.4, 0.5) is 0 Å². The third-order valence-electron chi connectivity index (χ3n) is 4.67. The highest BCUT2D eigenvalue weighted by atomic mass is 16.5. The zero-order valence-corrected chi connectivity index (χ0v) is 15.7. The third kappa shape index (κ3) is 3.52. The second kappa shape index (κ2) is 7.83. The normalized spacial score (nSPS) is 10.3. The van der Waals surface area contributed by atoms with Crippen molar-refractivity contribution in [3.63, 3.8) is 0 Å². The van der Waals surface area contributed by atoms with Crippen LogP contribution in [0.3, 0.4) is 0 Å². The number of ether oxygens (including phenoxy) is 1. The van der Waals surface area contributed by atoms with Gasteiger partial charge in [0, 0.05) is 46.4 Å². The van der Waals surface area contributed by atoms with Crippen molar-refractivity contribution in [2.45, 2.75) is 0 Å². The Morgan fingerprint density at radius 3 is 2.38 bits per heavy atom. The quantitative estimate of drug-likeness (QED) is 0.525. The van der Waals surface area contributed by atoms with E-state index in [9.17, 15) is 10.1 Å². The van der Waals surface area contributed by atoms with Crippen molar-refractivity contribution < 1.29 is 4.74 Å². The minimum atomic E-state index is -0.191. The number of aromatic nitrogens is 2. The van der Waals surface area contributed by atoms with Gasteiger partial charge in [0.2, 0.25) is 5.88 Å². The Labute approximate surface area is 168 Å². The summed E-state index contributed by atoms with van der Waals surface area (Å²) >= 11 is 0. The second-order valence-electron chi connectivity index (χ2n) is 6.40. The lowest BCUT2D eigenvalue weighted by Gasteiger charge is -2.13. The van der Waals surface area contributed by atoms with Gasteiger partial charge in [0.05, 0.1) is 18.7 Å². The van der Waals surface area contributed by atoms with Gasteiger partial charge < -0.3 is 4.74 Å². The summed E-state index contributed by atoms with van der Waals surface area (Å²) < 4.78 is 6.74. The van der Waals surface area contributed by atoms with Crippen LogP contribution in [0.1, 0.15) is 5.56 Å². The number of methoxy groups -OCH3 is 1. The van der Waals surface area contributed by atoms with Crippen molar-refractivity contribution >= 4 is 0 Å². The summed E-state index contributed by atoms with van der Waals surface area (Å²) in [5, 5.41) is 9.52. The highest BCUT2D eigenvalue weighted by Gasteiger charge is 2.14. The van der Waals surface area contributed by atoms with E-state index in [-0.39, 0.29) is 5.56 Å². The molecule has 5 nitrogen and oxygen atoms in total. The van der Waals surface area contributed by atoms with Gasteiger partial charge in [-0.05, 0) is 30.3 Å². The number of nitriles is 1. The molecule has 0 radical (unpaired) electrons. The van der Waals surface area contributed by atoms with Gasteiger partial charge in [-0.15, -0.1) is 0 Å². The van der Waals surface area contributed by atoms with Gasteiger partial charge >= 0.3 is 0 Å².